The van der Waals surface area contributed by atoms with Crippen molar-refractivity contribution >= 4 is 11.9 Å². The highest BCUT2D eigenvalue weighted by Gasteiger charge is 2.21. The van der Waals surface area contributed by atoms with Crippen LogP contribution in [0.5, 0.6) is 0 Å². The molecule has 0 saturated carbocycles. The van der Waals surface area contributed by atoms with E-state index in [1.165, 1.54) is 6.26 Å². The Balaban J connectivity index is 2.58. The van der Waals surface area contributed by atoms with Crippen LogP contribution in [0.4, 0.5) is 0 Å². The van der Waals surface area contributed by atoms with Gasteiger partial charge in [-0.3, -0.25) is 9.59 Å². The van der Waals surface area contributed by atoms with Crippen molar-refractivity contribution in [2.45, 2.75) is 46.2 Å². The summed E-state index contributed by atoms with van der Waals surface area (Å²) in [5.74, 6) is -0.277. The van der Waals surface area contributed by atoms with Crippen LogP contribution in [0.15, 0.2) is 10.7 Å². The van der Waals surface area contributed by atoms with Crippen molar-refractivity contribution in [2.75, 3.05) is 6.61 Å². The zero-order chi connectivity index (χ0) is 16.0. The van der Waals surface area contributed by atoms with Gasteiger partial charge in [-0.05, 0) is 19.8 Å². The van der Waals surface area contributed by atoms with E-state index in [-0.39, 0.29) is 36.1 Å². The summed E-state index contributed by atoms with van der Waals surface area (Å²) >= 11 is 0. The Morgan fingerprint density at radius 2 is 2.10 bits per heavy atom. The summed E-state index contributed by atoms with van der Waals surface area (Å²) in [5.41, 5.74) is 6.05. The van der Waals surface area contributed by atoms with Crippen LogP contribution >= 0.6 is 0 Å². The second-order valence-electron chi connectivity index (χ2n) is 5.22. The van der Waals surface area contributed by atoms with Crippen molar-refractivity contribution in [3.05, 3.63) is 17.8 Å². The molecule has 0 bridgehead atoms. The normalized spacial score (nSPS) is 13.8. The van der Waals surface area contributed by atoms with Crippen LogP contribution < -0.4 is 11.1 Å². The molecule has 0 spiro atoms. The maximum Gasteiger partial charge on any atom is 0.307 e. The molecule has 0 fully saturated rings. The highest BCUT2D eigenvalue weighted by molar-refractivity contribution is 5.92. The van der Waals surface area contributed by atoms with Crippen LogP contribution in [0.3, 0.4) is 0 Å². The van der Waals surface area contributed by atoms with Gasteiger partial charge >= 0.3 is 5.97 Å². The number of nitrogens with two attached hydrogens (primary N) is 1. The number of carbonyl (C=O) groups excluding carboxylic acids is 2. The SMILES string of the molecule is CCOC(=O)CC(C)NC(=O)c1coc(C(N)C(C)C)n1. The first kappa shape index (κ1) is 17.2. The molecule has 2 unspecified atom stereocenters. The summed E-state index contributed by atoms with van der Waals surface area (Å²) in [7, 11) is 0. The molecule has 0 aliphatic carbocycles. The van der Waals surface area contributed by atoms with E-state index in [1.54, 1.807) is 13.8 Å². The maximum absolute atomic E-state index is 12.0. The van der Waals surface area contributed by atoms with Gasteiger partial charge in [-0.15, -0.1) is 0 Å². The summed E-state index contributed by atoms with van der Waals surface area (Å²) in [4.78, 5) is 27.4. The minimum atomic E-state index is -0.405. The lowest BCUT2D eigenvalue weighted by Gasteiger charge is -2.12. The van der Waals surface area contributed by atoms with Crippen molar-refractivity contribution in [2.24, 2.45) is 11.7 Å². The van der Waals surface area contributed by atoms with E-state index in [0.717, 1.165) is 0 Å². The first-order valence-electron chi connectivity index (χ1n) is 7.02. The molecule has 0 radical (unpaired) electrons. The molecule has 7 heteroatoms. The van der Waals surface area contributed by atoms with E-state index in [2.05, 4.69) is 10.3 Å². The summed E-state index contributed by atoms with van der Waals surface area (Å²) in [6, 6.07) is -0.709. The molecular formula is C14H23N3O4. The molecule has 1 heterocycles. The molecule has 0 aliphatic rings. The average molecular weight is 297 g/mol. The van der Waals surface area contributed by atoms with Gasteiger partial charge in [-0.25, -0.2) is 4.98 Å². The second-order valence-corrected chi connectivity index (χ2v) is 5.22. The smallest absolute Gasteiger partial charge is 0.307 e. The predicted octanol–water partition coefficient (Wildman–Crippen LogP) is 1.40. The fraction of sp³-hybridized carbons (Fsp3) is 0.643. The lowest BCUT2D eigenvalue weighted by molar-refractivity contribution is -0.143. The predicted molar refractivity (Wildman–Crippen MR) is 76.4 cm³/mol. The Kier molecular flexibility index (Phi) is 6.36. The Labute approximate surface area is 124 Å². The van der Waals surface area contributed by atoms with E-state index in [9.17, 15) is 9.59 Å². The molecule has 0 aromatic carbocycles. The second kappa shape index (κ2) is 7.78. The summed E-state index contributed by atoms with van der Waals surface area (Å²) in [6.45, 7) is 7.65. The Hall–Kier alpha value is -1.89. The van der Waals surface area contributed by atoms with Gasteiger partial charge < -0.3 is 20.2 Å². The van der Waals surface area contributed by atoms with Crippen molar-refractivity contribution in [1.29, 1.82) is 0 Å². The van der Waals surface area contributed by atoms with Crippen LogP contribution in [-0.4, -0.2) is 29.5 Å². The minimum Gasteiger partial charge on any atom is -0.466 e. The maximum atomic E-state index is 12.0. The third-order valence-electron chi connectivity index (χ3n) is 2.91. The average Bonchev–Trinajstić information content (AvgIpc) is 2.87. The van der Waals surface area contributed by atoms with Crippen molar-refractivity contribution in [3.63, 3.8) is 0 Å². The molecule has 1 aromatic heterocycles. The largest absolute Gasteiger partial charge is 0.466 e. The molecule has 0 saturated heterocycles. The number of esters is 1. The van der Waals surface area contributed by atoms with Gasteiger partial charge in [0.15, 0.2) is 5.69 Å². The number of nitrogens with zero attached hydrogens (tertiary/aromatic N) is 1. The van der Waals surface area contributed by atoms with Crippen LogP contribution in [0, 0.1) is 5.92 Å². The summed E-state index contributed by atoms with van der Waals surface area (Å²) in [5, 5.41) is 2.66. The van der Waals surface area contributed by atoms with E-state index in [0.29, 0.717) is 12.5 Å². The molecule has 1 aromatic rings. The van der Waals surface area contributed by atoms with Crippen LogP contribution in [0.25, 0.3) is 0 Å². The molecule has 21 heavy (non-hydrogen) atoms. The quantitative estimate of drug-likeness (QED) is 0.737. The third-order valence-corrected chi connectivity index (χ3v) is 2.91. The highest BCUT2D eigenvalue weighted by atomic mass is 16.5. The lowest BCUT2D eigenvalue weighted by atomic mass is 10.1. The molecule has 118 valence electrons. The number of aromatic nitrogens is 1. The summed E-state index contributed by atoms with van der Waals surface area (Å²) < 4.78 is 10.0. The number of rotatable bonds is 7. The molecule has 7 nitrogen and oxygen atoms in total. The van der Waals surface area contributed by atoms with Crippen LogP contribution in [0.1, 0.15) is 56.5 Å². The van der Waals surface area contributed by atoms with E-state index >= 15 is 0 Å². The number of oxazole rings is 1. The fourth-order valence-electron chi connectivity index (χ4n) is 1.65. The molecule has 3 N–H and O–H groups in total. The van der Waals surface area contributed by atoms with Gasteiger partial charge in [0.2, 0.25) is 5.89 Å². The number of ether oxygens (including phenoxy) is 1. The number of nitrogens with one attached hydrogen (secondary N) is 1. The van der Waals surface area contributed by atoms with Gasteiger partial charge in [-0.2, -0.15) is 0 Å². The minimum absolute atomic E-state index is 0.107. The topological polar surface area (TPSA) is 107 Å². The van der Waals surface area contributed by atoms with Gasteiger partial charge in [0.1, 0.15) is 6.26 Å². The van der Waals surface area contributed by atoms with Crippen molar-refractivity contribution < 1.29 is 18.7 Å². The molecule has 1 rings (SSSR count). The standard InChI is InChI=1S/C14H23N3O4/c1-5-20-11(18)6-9(4)16-13(19)10-7-21-14(17-10)12(15)8(2)3/h7-9,12H,5-6,15H2,1-4H3,(H,16,19). The van der Waals surface area contributed by atoms with Gasteiger partial charge in [0.05, 0.1) is 19.1 Å². The van der Waals surface area contributed by atoms with E-state index in [1.807, 2.05) is 13.8 Å². The van der Waals surface area contributed by atoms with Gasteiger partial charge in [0.25, 0.3) is 5.91 Å². The van der Waals surface area contributed by atoms with Gasteiger partial charge in [-0.1, -0.05) is 13.8 Å². The molecule has 0 aliphatic heterocycles. The number of amides is 1. The van der Waals surface area contributed by atoms with Crippen LogP contribution in [0.2, 0.25) is 0 Å². The Morgan fingerprint density at radius 1 is 1.43 bits per heavy atom. The zero-order valence-electron chi connectivity index (χ0n) is 12.9. The molecule has 2 atom stereocenters. The zero-order valence-corrected chi connectivity index (χ0v) is 12.9. The number of carbonyl (C=O) groups is 2. The van der Waals surface area contributed by atoms with E-state index in [4.69, 9.17) is 14.9 Å². The third kappa shape index (κ3) is 5.18. The fourth-order valence-corrected chi connectivity index (χ4v) is 1.65. The number of hydrogen-bond donors (Lipinski definition) is 2. The molecular weight excluding hydrogens is 274 g/mol. The lowest BCUT2D eigenvalue weighted by Crippen LogP contribution is -2.34. The highest BCUT2D eigenvalue weighted by Crippen LogP contribution is 2.18. The van der Waals surface area contributed by atoms with Crippen molar-refractivity contribution in [3.8, 4) is 0 Å². The Morgan fingerprint density at radius 3 is 2.67 bits per heavy atom. The molecule has 1 amide bonds. The first-order valence-corrected chi connectivity index (χ1v) is 7.02. The summed E-state index contributed by atoms with van der Waals surface area (Å²) in [6.07, 6.45) is 1.37. The first-order chi connectivity index (χ1) is 9.85. The number of hydrogen-bond acceptors (Lipinski definition) is 6. The van der Waals surface area contributed by atoms with Crippen molar-refractivity contribution in [1.82, 2.24) is 10.3 Å². The monoisotopic (exact) mass is 297 g/mol. The van der Waals surface area contributed by atoms with E-state index < -0.39 is 5.91 Å². The Bertz CT molecular complexity index is 484. The van der Waals surface area contributed by atoms with Crippen LogP contribution in [-0.2, 0) is 9.53 Å². The van der Waals surface area contributed by atoms with Gasteiger partial charge in [0, 0.05) is 6.04 Å².